The predicted octanol–water partition coefficient (Wildman–Crippen LogP) is 3.49. The van der Waals surface area contributed by atoms with Crippen molar-refractivity contribution >= 4 is 23.4 Å². The number of thioether (sulfide) groups is 1. The van der Waals surface area contributed by atoms with Gasteiger partial charge >= 0.3 is 0 Å². The number of rotatable bonds is 5. The van der Waals surface area contributed by atoms with Crippen molar-refractivity contribution in [1.82, 2.24) is 14.8 Å². The van der Waals surface area contributed by atoms with Gasteiger partial charge in [-0.15, -0.1) is 10.2 Å². The van der Waals surface area contributed by atoms with Gasteiger partial charge in [-0.3, -0.25) is 4.79 Å². The highest BCUT2D eigenvalue weighted by molar-refractivity contribution is 7.99. The van der Waals surface area contributed by atoms with Crippen LogP contribution in [-0.2, 0) is 17.8 Å². The lowest BCUT2D eigenvalue weighted by Crippen LogP contribution is -2.36. The van der Waals surface area contributed by atoms with Gasteiger partial charge in [0, 0.05) is 24.7 Å². The molecule has 1 aromatic carbocycles. The maximum atomic E-state index is 12.7. The van der Waals surface area contributed by atoms with Gasteiger partial charge in [-0.05, 0) is 31.4 Å². The van der Waals surface area contributed by atoms with Gasteiger partial charge < -0.3 is 9.47 Å². The summed E-state index contributed by atoms with van der Waals surface area (Å²) in [4.78, 5) is 14.6. The molecule has 0 atom stereocenters. The fraction of sp³-hybridized carbons (Fsp3) is 0.500. The number of aromatic nitrogens is 3. The summed E-state index contributed by atoms with van der Waals surface area (Å²) in [7, 11) is 0. The van der Waals surface area contributed by atoms with Crippen LogP contribution in [0.1, 0.15) is 44.5 Å². The molecule has 0 aliphatic carbocycles. The second-order valence-electron chi connectivity index (χ2n) is 6.31. The highest BCUT2D eigenvalue weighted by Crippen LogP contribution is 2.28. The van der Waals surface area contributed by atoms with Gasteiger partial charge in [0.15, 0.2) is 5.16 Å². The molecule has 1 amide bonds. The van der Waals surface area contributed by atoms with Crippen LogP contribution in [0.3, 0.4) is 0 Å². The Labute approximate surface area is 147 Å². The van der Waals surface area contributed by atoms with E-state index in [9.17, 15) is 4.79 Å². The van der Waals surface area contributed by atoms with E-state index in [0.717, 1.165) is 42.6 Å². The number of amides is 1. The number of anilines is 1. The molecule has 0 N–H and O–H groups in total. The summed E-state index contributed by atoms with van der Waals surface area (Å²) in [6.45, 7) is 7.93. The molecule has 0 bridgehead atoms. The molecule has 5 nitrogen and oxygen atoms in total. The molecule has 3 rings (SSSR count). The number of carbonyl (C=O) groups is 1. The molecule has 0 spiro atoms. The normalized spacial score (nSPS) is 14.1. The molecular weight excluding hydrogens is 320 g/mol. The third-order valence-corrected chi connectivity index (χ3v) is 5.27. The minimum Gasteiger partial charge on any atom is -0.311 e. The Kier molecular flexibility index (Phi) is 5.23. The van der Waals surface area contributed by atoms with E-state index in [1.807, 2.05) is 23.1 Å². The molecule has 6 heteroatoms. The summed E-state index contributed by atoms with van der Waals surface area (Å²) in [6.07, 6.45) is 2.07. The number of aryl methyl sites for hydroxylation is 1. The first-order chi connectivity index (χ1) is 11.6. The van der Waals surface area contributed by atoms with E-state index in [1.54, 1.807) is 0 Å². The SMILES string of the molecule is CCn1c(SCC(=O)N2CCCc3ccccc32)nnc1C(C)C. The summed E-state index contributed by atoms with van der Waals surface area (Å²) in [5.74, 6) is 1.85. The zero-order valence-electron chi connectivity index (χ0n) is 14.5. The first-order valence-electron chi connectivity index (χ1n) is 8.56. The molecule has 0 saturated carbocycles. The number of benzene rings is 1. The monoisotopic (exact) mass is 344 g/mol. The van der Waals surface area contributed by atoms with Crippen LogP contribution in [0.2, 0.25) is 0 Å². The fourth-order valence-corrected chi connectivity index (χ4v) is 4.01. The third-order valence-electron chi connectivity index (χ3n) is 4.31. The van der Waals surface area contributed by atoms with Gasteiger partial charge in [0.25, 0.3) is 0 Å². The van der Waals surface area contributed by atoms with Crippen LogP contribution < -0.4 is 4.90 Å². The lowest BCUT2D eigenvalue weighted by Gasteiger charge is -2.29. The Balaban J connectivity index is 1.71. The predicted molar refractivity (Wildman–Crippen MR) is 97.6 cm³/mol. The molecule has 0 saturated heterocycles. The smallest absolute Gasteiger partial charge is 0.237 e. The molecule has 0 radical (unpaired) electrons. The zero-order valence-corrected chi connectivity index (χ0v) is 15.3. The lowest BCUT2D eigenvalue weighted by molar-refractivity contribution is -0.116. The van der Waals surface area contributed by atoms with E-state index in [2.05, 4.69) is 41.6 Å². The molecule has 24 heavy (non-hydrogen) atoms. The number of nitrogens with zero attached hydrogens (tertiary/aromatic N) is 4. The van der Waals surface area contributed by atoms with Crippen molar-refractivity contribution in [3.8, 4) is 0 Å². The Bertz CT molecular complexity index is 726. The average Bonchev–Trinajstić information content (AvgIpc) is 3.02. The molecule has 128 valence electrons. The standard InChI is InChI=1S/C18H24N4OS/c1-4-21-17(13(2)3)19-20-18(21)24-12-16(23)22-11-7-9-14-8-5-6-10-15(14)22/h5-6,8,10,13H,4,7,9,11-12H2,1-3H3. The Hall–Kier alpha value is -1.82. The molecule has 1 aliphatic heterocycles. The third kappa shape index (κ3) is 3.34. The van der Waals surface area contributed by atoms with E-state index in [1.165, 1.54) is 17.3 Å². The van der Waals surface area contributed by atoms with Crippen molar-refractivity contribution in [2.24, 2.45) is 0 Å². The van der Waals surface area contributed by atoms with E-state index >= 15 is 0 Å². The van der Waals surface area contributed by atoms with Gasteiger partial charge in [-0.25, -0.2) is 0 Å². The van der Waals surface area contributed by atoms with E-state index in [0.29, 0.717) is 11.7 Å². The molecule has 1 aliphatic rings. The summed E-state index contributed by atoms with van der Waals surface area (Å²) in [5.41, 5.74) is 2.33. The average molecular weight is 344 g/mol. The van der Waals surface area contributed by atoms with E-state index in [-0.39, 0.29) is 5.91 Å². The number of para-hydroxylation sites is 1. The highest BCUT2D eigenvalue weighted by atomic mass is 32.2. The van der Waals surface area contributed by atoms with Crippen LogP contribution >= 0.6 is 11.8 Å². The second kappa shape index (κ2) is 7.38. The van der Waals surface area contributed by atoms with Crippen molar-refractivity contribution in [1.29, 1.82) is 0 Å². The Morgan fingerprint density at radius 2 is 2.08 bits per heavy atom. The van der Waals surface area contributed by atoms with Crippen LogP contribution in [0.25, 0.3) is 0 Å². The molecule has 2 heterocycles. The van der Waals surface area contributed by atoms with Gasteiger partial charge in [-0.1, -0.05) is 43.8 Å². The first-order valence-corrected chi connectivity index (χ1v) is 9.54. The minimum atomic E-state index is 0.143. The van der Waals surface area contributed by atoms with Crippen LogP contribution in [0.5, 0.6) is 0 Å². The summed E-state index contributed by atoms with van der Waals surface area (Å²) < 4.78 is 2.10. The number of fused-ring (bicyclic) bond motifs is 1. The van der Waals surface area contributed by atoms with Gasteiger partial charge in [0.2, 0.25) is 5.91 Å². The molecule has 2 aromatic rings. The van der Waals surface area contributed by atoms with Crippen molar-refractivity contribution in [2.45, 2.75) is 51.2 Å². The van der Waals surface area contributed by atoms with Crippen molar-refractivity contribution in [2.75, 3.05) is 17.2 Å². The fourth-order valence-electron chi connectivity index (χ4n) is 3.13. The number of hydrogen-bond donors (Lipinski definition) is 0. The topological polar surface area (TPSA) is 51.0 Å². The summed E-state index contributed by atoms with van der Waals surface area (Å²) >= 11 is 1.48. The quantitative estimate of drug-likeness (QED) is 0.779. The maximum absolute atomic E-state index is 12.7. The van der Waals surface area contributed by atoms with Crippen molar-refractivity contribution in [3.63, 3.8) is 0 Å². The summed E-state index contributed by atoms with van der Waals surface area (Å²) in [5, 5.41) is 9.39. The lowest BCUT2D eigenvalue weighted by atomic mass is 10.0. The Morgan fingerprint density at radius 3 is 2.83 bits per heavy atom. The van der Waals surface area contributed by atoms with Gasteiger partial charge in [0.1, 0.15) is 5.82 Å². The van der Waals surface area contributed by atoms with Crippen molar-refractivity contribution < 1.29 is 4.79 Å². The van der Waals surface area contributed by atoms with Crippen LogP contribution in [0.4, 0.5) is 5.69 Å². The number of carbonyl (C=O) groups excluding carboxylic acids is 1. The van der Waals surface area contributed by atoms with Gasteiger partial charge in [-0.2, -0.15) is 0 Å². The first kappa shape index (κ1) is 17.0. The van der Waals surface area contributed by atoms with E-state index in [4.69, 9.17) is 0 Å². The summed E-state index contributed by atoms with van der Waals surface area (Å²) in [6, 6.07) is 8.20. The molecular formula is C18H24N4OS. The molecule has 0 unspecified atom stereocenters. The van der Waals surface area contributed by atoms with E-state index < -0.39 is 0 Å². The second-order valence-corrected chi connectivity index (χ2v) is 7.25. The number of hydrogen-bond acceptors (Lipinski definition) is 4. The van der Waals surface area contributed by atoms with Crippen LogP contribution in [0.15, 0.2) is 29.4 Å². The molecule has 0 fully saturated rings. The van der Waals surface area contributed by atoms with Gasteiger partial charge in [0.05, 0.1) is 5.75 Å². The maximum Gasteiger partial charge on any atom is 0.237 e. The highest BCUT2D eigenvalue weighted by Gasteiger charge is 2.23. The van der Waals surface area contributed by atoms with Crippen LogP contribution in [0, 0.1) is 0 Å². The van der Waals surface area contributed by atoms with Crippen molar-refractivity contribution in [3.05, 3.63) is 35.7 Å². The zero-order chi connectivity index (χ0) is 17.1. The molecule has 1 aromatic heterocycles. The minimum absolute atomic E-state index is 0.143. The Morgan fingerprint density at radius 1 is 1.29 bits per heavy atom. The largest absolute Gasteiger partial charge is 0.311 e. The van der Waals surface area contributed by atoms with Crippen LogP contribution in [-0.4, -0.2) is 33.0 Å².